The molecule has 0 radical (unpaired) electrons. The molecule has 0 aliphatic carbocycles. The second-order valence-corrected chi connectivity index (χ2v) is 5.11. The molecule has 0 unspecified atom stereocenters. The molecule has 0 amide bonds. The molecule has 0 spiro atoms. The molecular formula is C10H11ClO4S. The van der Waals surface area contributed by atoms with Gasteiger partial charge in [-0.15, -0.1) is 11.6 Å². The fraction of sp³-hybridized carbons (Fsp3) is 0.300. The van der Waals surface area contributed by atoms with E-state index in [1.165, 1.54) is 12.1 Å². The summed E-state index contributed by atoms with van der Waals surface area (Å²) in [5, 5.41) is 0. The first-order chi connectivity index (χ1) is 7.59. The van der Waals surface area contributed by atoms with Crippen molar-refractivity contribution in [2.75, 3.05) is 11.6 Å². The molecule has 0 saturated carbocycles. The van der Waals surface area contributed by atoms with Gasteiger partial charge in [-0.25, -0.2) is 0 Å². The Morgan fingerprint density at radius 3 is 2.62 bits per heavy atom. The van der Waals surface area contributed by atoms with E-state index in [-0.39, 0.29) is 22.9 Å². The lowest BCUT2D eigenvalue weighted by molar-refractivity contribution is 0.112. The molecule has 1 aromatic rings. The predicted octanol–water partition coefficient (Wildman–Crippen LogP) is 1.84. The molecule has 88 valence electrons. The van der Waals surface area contributed by atoms with Gasteiger partial charge in [0.25, 0.3) is 0 Å². The van der Waals surface area contributed by atoms with Crippen molar-refractivity contribution >= 4 is 28.0 Å². The number of aldehydes is 1. The van der Waals surface area contributed by atoms with Gasteiger partial charge in [-0.1, -0.05) is 12.1 Å². The molecule has 0 fully saturated rings. The van der Waals surface area contributed by atoms with Gasteiger partial charge in [-0.05, 0) is 18.6 Å². The lowest BCUT2D eigenvalue weighted by Gasteiger charge is -2.07. The summed E-state index contributed by atoms with van der Waals surface area (Å²) >= 11 is 5.39. The molecule has 1 aromatic carbocycles. The maximum atomic E-state index is 11.4. The summed E-state index contributed by atoms with van der Waals surface area (Å²) in [5.41, 5.74) is 0.206. The molecule has 0 atom stereocenters. The Kier molecular flexibility index (Phi) is 4.76. The highest BCUT2D eigenvalue weighted by atomic mass is 35.5. The standard InChI is InChI=1S/C10H11ClO4S/c11-6-3-7-16(13,14)15-10-5-2-1-4-9(10)8-12/h1-2,4-5,8H,3,6-7H2. The third kappa shape index (κ3) is 3.83. The summed E-state index contributed by atoms with van der Waals surface area (Å²) in [6.07, 6.45) is 0.861. The summed E-state index contributed by atoms with van der Waals surface area (Å²) in [4.78, 5) is 10.6. The van der Waals surface area contributed by atoms with Gasteiger partial charge in [-0.2, -0.15) is 8.42 Å². The molecular weight excluding hydrogens is 252 g/mol. The van der Waals surface area contributed by atoms with Crippen molar-refractivity contribution in [3.05, 3.63) is 29.8 Å². The fourth-order valence-electron chi connectivity index (χ4n) is 1.06. The van der Waals surface area contributed by atoms with E-state index in [0.29, 0.717) is 12.7 Å². The van der Waals surface area contributed by atoms with E-state index in [1.807, 2.05) is 0 Å². The second kappa shape index (κ2) is 5.86. The number of carbonyl (C=O) groups is 1. The van der Waals surface area contributed by atoms with Crippen LogP contribution in [0, 0.1) is 0 Å². The summed E-state index contributed by atoms with van der Waals surface area (Å²) < 4.78 is 27.7. The van der Waals surface area contributed by atoms with E-state index >= 15 is 0 Å². The Morgan fingerprint density at radius 1 is 1.31 bits per heavy atom. The van der Waals surface area contributed by atoms with Gasteiger partial charge in [-0.3, -0.25) is 4.79 Å². The van der Waals surface area contributed by atoms with Crippen LogP contribution in [0.4, 0.5) is 0 Å². The number of benzene rings is 1. The van der Waals surface area contributed by atoms with Gasteiger partial charge < -0.3 is 4.18 Å². The van der Waals surface area contributed by atoms with Crippen LogP contribution < -0.4 is 4.18 Å². The van der Waals surface area contributed by atoms with Crippen molar-refractivity contribution in [3.8, 4) is 5.75 Å². The number of alkyl halides is 1. The van der Waals surface area contributed by atoms with Crippen LogP contribution in [0.1, 0.15) is 16.8 Å². The first-order valence-electron chi connectivity index (χ1n) is 4.61. The molecule has 1 rings (SSSR count). The molecule has 0 bridgehead atoms. The van der Waals surface area contributed by atoms with Crippen LogP contribution >= 0.6 is 11.6 Å². The first-order valence-corrected chi connectivity index (χ1v) is 6.72. The molecule has 0 aliphatic rings. The number of halogens is 1. The Hall–Kier alpha value is -1.07. The molecule has 0 N–H and O–H groups in total. The zero-order chi connectivity index (χ0) is 12.0. The van der Waals surface area contributed by atoms with Crippen LogP contribution in [0.3, 0.4) is 0 Å². The van der Waals surface area contributed by atoms with E-state index in [2.05, 4.69) is 0 Å². The summed E-state index contributed by atoms with van der Waals surface area (Å²) in [7, 11) is -3.67. The zero-order valence-electron chi connectivity index (χ0n) is 8.43. The molecule has 16 heavy (non-hydrogen) atoms. The van der Waals surface area contributed by atoms with Crippen LogP contribution in [-0.2, 0) is 10.1 Å². The number of rotatable bonds is 6. The second-order valence-electron chi connectivity index (χ2n) is 3.04. The van der Waals surface area contributed by atoms with Crippen molar-refractivity contribution < 1.29 is 17.4 Å². The summed E-state index contributed by atoms with van der Waals surface area (Å²) in [6.45, 7) is 0. The van der Waals surface area contributed by atoms with Crippen molar-refractivity contribution in [1.29, 1.82) is 0 Å². The Bertz CT molecular complexity index is 456. The van der Waals surface area contributed by atoms with Crippen LogP contribution in [0.2, 0.25) is 0 Å². The van der Waals surface area contributed by atoms with Crippen molar-refractivity contribution in [2.45, 2.75) is 6.42 Å². The third-order valence-electron chi connectivity index (χ3n) is 1.79. The Balaban J connectivity index is 2.83. The predicted molar refractivity (Wildman–Crippen MR) is 61.6 cm³/mol. The van der Waals surface area contributed by atoms with Crippen molar-refractivity contribution in [3.63, 3.8) is 0 Å². The van der Waals surface area contributed by atoms with Crippen LogP contribution in [0.25, 0.3) is 0 Å². The highest BCUT2D eigenvalue weighted by Crippen LogP contribution is 2.18. The number of para-hydroxylation sites is 1. The van der Waals surface area contributed by atoms with Gasteiger partial charge >= 0.3 is 10.1 Å². The largest absolute Gasteiger partial charge is 0.382 e. The van der Waals surface area contributed by atoms with Gasteiger partial charge in [0.2, 0.25) is 0 Å². The van der Waals surface area contributed by atoms with Gasteiger partial charge in [0, 0.05) is 5.88 Å². The van der Waals surface area contributed by atoms with Gasteiger partial charge in [0.05, 0.1) is 11.3 Å². The van der Waals surface area contributed by atoms with Gasteiger partial charge in [0.15, 0.2) is 12.0 Å². The lowest BCUT2D eigenvalue weighted by Crippen LogP contribution is -2.15. The van der Waals surface area contributed by atoms with E-state index in [4.69, 9.17) is 15.8 Å². The molecule has 0 heterocycles. The maximum absolute atomic E-state index is 11.4. The quantitative estimate of drug-likeness (QED) is 0.446. The van der Waals surface area contributed by atoms with Crippen LogP contribution in [-0.4, -0.2) is 26.3 Å². The Morgan fingerprint density at radius 2 is 2.00 bits per heavy atom. The lowest BCUT2D eigenvalue weighted by atomic mass is 10.2. The summed E-state index contributed by atoms with van der Waals surface area (Å²) in [5.74, 6) is 0.133. The van der Waals surface area contributed by atoms with E-state index in [0.717, 1.165) is 0 Å². The minimum absolute atomic E-state index is 0.0482. The van der Waals surface area contributed by atoms with E-state index in [1.54, 1.807) is 12.1 Å². The van der Waals surface area contributed by atoms with Crippen LogP contribution in [0.15, 0.2) is 24.3 Å². The third-order valence-corrected chi connectivity index (χ3v) is 3.28. The SMILES string of the molecule is O=Cc1ccccc1OS(=O)(=O)CCCCl. The van der Waals surface area contributed by atoms with E-state index < -0.39 is 10.1 Å². The average molecular weight is 263 g/mol. The Labute approximate surface area is 99.3 Å². The topological polar surface area (TPSA) is 60.4 Å². The number of hydrogen-bond acceptors (Lipinski definition) is 4. The molecule has 0 aromatic heterocycles. The zero-order valence-corrected chi connectivity index (χ0v) is 10.00. The average Bonchev–Trinajstić information content (AvgIpc) is 2.27. The minimum Gasteiger partial charge on any atom is -0.382 e. The number of hydrogen-bond donors (Lipinski definition) is 0. The smallest absolute Gasteiger partial charge is 0.309 e. The van der Waals surface area contributed by atoms with Gasteiger partial charge in [0.1, 0.15) is 0 Å². The highest BCUT2D eigenvalue weighted by Gasteiger charge is 2.14. The minimum atomic E-state index is -3.67. The van der Waals surface area contributed by atoms with Crippen LogP contribution in [0.5, 0.6) is 5.75 Å². The molecule has 0 saturated heterocycles. The van der Waals surface area contributed by atoms with Crippen molar-refractivity contribution in [2.24, 2.45) is 0 Å². The maximum Gasteiger partial charge on any atom is 0.309 e. The normalized spacial score (nSPS) is 11.1. The summed E-state index contributed by atoms with van der Waals surface area (Å²) in [6, 6.07) is 6.14. The molecule has 4 nitrogen and oxygen atoms in total. The first kappa shape index (κ1) is 13.0. The van der Waals surface area contributed by atoms with Crippen molar-refractivity contribution in [1.82, 2.24) is 0 Å². The fourth-order valence-corrected chi connectivity index (χ4v) is 2.36. The number of carbonyl (C=O) groups excluding carboxylic acids is 1. The molecule has 0 aliphatic heterocycles. The molecule has 6 heteroatoms. The highest BCUT2D eigenvalue weighted by molar-refractivity contribution is 7.87. The van der Waals surface area contributed by atoms with E-state index in [9.17, 15) is 13.2 Å². The monoisotopic (exact) mass is 262 g/mol.